The molecule has 1 aliphatic carbocycles. The third-order valence-electron chi connectivity index (χ3n) is 4.06. The predicted octanol–water partition coefficient (Wildman–Crippen LogP) is 2.35. The topological polar surface area (TPSA) is 49.3 Å². The van der Waals surface area contributed by atoms with Crippen LogP contribution in [0.25, 0.3) is 10.9 Å². The van der Waals surface area contributed by atoms with Crippen molar-refractivity contribution in [1.82, 2.24) is 15.6 Å². The summed E-state index contributed by atoms with van der Waals surface area (Å²) in [6.07, 6.45) is 4.04. The van der Waals surface area contributed by atoms with Crippen LogP contribution in [0.4, 0.5) is 0 Å². The summed E-state index contributed by atoms with van der Waals surface area (Å²) >= 11 is 0. The number of fused-ring (bicyclic) bond motifs is 1. The van der Waals surface area contributed by atoms with Crippen LogP contribution in [0.5, 0.6) is 0 Å². The van der Waals surface area contributed by atoms with Crippen LogP contribution in [0.2, 0.25) is 0 Å². The molecule has 3 rings (SSSR count). The first kappa shape index (κ1) is 13.9. The molecule has 0 aliphatic heterocycles. The molecule has 110 valence electrons. The number of nitrogens with zero attached hydrogens (tertiary/aromatic N) is 2. The molecular weight excluding hydrogens is 260 g/mol. The number of pyridine rings is 1. The van der Waals surface area contributed by atoms with Crippen molar-refractivity contribution in [3.63, 3.8) is 0 Å². The summed E-state index contributed by atoms with van der Waals surface area (Å²) in [4.78, 5) is 8.77. The zero-order chi connectivity index (χ0) is 14.7. The molecule has 4 nitrogen and oxygen atoms in total. The highest BCUT2D eigenvalue weighted by Crippen LogP contribution is 2.28. The first-order chi connectivity index (χ1) is 10.3. The minimum Gasteiger partial charge on any atom is -0.356 e. The lowest BCUT2D eigenvalue weighted by Gasteiger charge is -2.12. The molecule has 1 fully saturated rings. The Balaban J connectivity index is 1.59. The standard InChI is InChI=1S/C17H22N4/c1-12-11-15(12)21-17(18-2)20-10-8-14-6-3-5-13-7-4-9-19-16(13)14/h3-7,9,12,15H,8,10-11H2,1-2H3,(H2,18,20,21). The molecule has 1 aromatic heterocycles. The summed E-state index contributed by atoms with van der Waals surface area (Å²) < 4.78 is 0. The number of hydrogen-bond donors (Lipinski definition) is 2. The molecule has 4 heteroatoms. The largest absolute Gasteiger partial charge is 0.356 e. The second kappa shape index (κ2) is 6.12. The molecular formula is C17H22N4. The summed E-state index contributed by atoms with van der Waals surface area (Å²) in [5.74, 6) is 1.67. The van der Waals surface area contributed by atoms with Crippen LogP contribution >= 0.6 is 0 Å². The third-order valence-corrected chi connectivity index (χ3v) is 4.06. The minimum absolute atomic E-state index is 0.593. The van der Waals surface area contributed by atoms with E-state index < -0.39 is 0 Å². The van der Waals surface area contributed by atoms with Crippen LogP contribution < -0.4 is 10.6 Å². The molecule has 0 saturated heterocycles. The average Bonchev–Trinajstić information content (AvgIpc) is 3.21. The Labute approximate surface area is 125 Å². The molecule has 21 heavy (non-hydrogen) atoms. The molecule has 1 heterocycles. The van der Waals surface area contributed by atoms with Gasteiger partial charge in [0.25, 0.3) is 0 Å². The SMILES string of the molecule is CN=C(NCCc1cccc2cccnc12)NC1CC1C. The lowest BCUT2D eigenvalue weighted by molar-refractivity contribution is 0.758. The van der Waals surface area contributed by atoms with Gasteiger partial charge in [-0.2, -0.15) is 0 Å². The average molecular weight is 282 g/mol. The maximum absolute atomic E-state index is 4.49. The van der Waals surface area contributed by atoms with Crippen LogP contribution in [0.3, 0.4) is 0 Å². The Morgan fingerprint density at radius 1 is 1.33 bits per heavy atom. The zero-order valence-corrected chi connectivity index (χ0v) is 12.6. The Bertz CT molecular complexity index is 645. The molecule has 0 spiro atoms. The highest BCUT2D eigenvalue weighted by atomic mass is 15.2. The molecule has 1 aliphatic rings. The first-order valence-corrected chi connectivity index (χ1v) is 7.57. The lowest BCUT2D eigenvalue weighted by atomic mass is 10.1. The summed E-state index contributed by atoms with van der Waals surface area (Å²) in [6.45, 7) is 3.11. The van der Waals surface area contributed by atoms with E-state index in [0.717, 1.165) is 30.4 Å². The fourth-order valence-electron chi connectivity index (χ4n) is 2.58. The Morgan fingerprint density at radius 3 is 2.90 bits per heavy atom. The number of aromatic nitrogens is 1. The van der Waals surface area contributed by atoms with Gasteiger partial charge in [-0.05, 0) is 30.4 Å². The van der Waals surface area contributed by atoms with Gasteiger partial charge in [0.15, 0.2) is 5.96 Å². The number of hydrogen-bond acceptors (Lipinski definition) is 2. The lowest BCUT2D eigenvalue weighted by Crippen LogP contribution is -2.39. The van der Waals surface area contributed by atoms with Crippen molar-refractivity contribution in [3.8, 4) is 0 Å². The summed E-state index contributed by atoms with van der Waals surface area (Å²) in [7, 11) is 1.82. The van der Waals surface area contributed by atoms with Crippen molar-refractivity contribution < 1.29 is 0 Å². The van der Waals surface area contributed by atoms with E-state index in [2.05, 4.69) is 51.8 Å². The van der Waals surface area contributed by atoms with Crippen molar-refractivity contribution >= 4 is 16.9 Å². The smallest absolute Gasteiger partial charge is 0.191 e. The van der Waals surface area contributed by atoms with Crippen LogP contribution in [-0.2, 0) is 6.42 Å². The van der Waals surface area contributed by atoms with Gasteiger partial charge in [-0.1, -0.05) is 31.2 Å². The van der Waals surface area contributed by atoms with E-state index in [1.807, 2.05) is 19.3 Å². The van der Waals surface area contributed by atoms with E-state index in [0.29, 0.717) is 6.04 Å². The van der Waals surface area contributed by atoms with Gasteiger partial charge in [-0.25, -0.2) is 0 Å². The second-order valence-corrected chi connectivity index (χ2v) is 5.71. The van der Waals surface area contributed by atoms with Gasteiger partial charge in [0.2, 0.25) is 0 Å². The van der Waals surface area contributed by atoms with Crippen LogP contribution in [-0.4, -0.2) is 30.6 Å². The summed E-state index contributed by atoms with van der Waals surface area (Å²) in [6, 6.07) is 11.0. The van der Waals surface area contributed by atoms with Gasteiger partial charge < -0.3 is 10.6 Å². The maximum atomic E-state index is 4.49. The fourth-order valence-corrected chi connectivity index (χ4v) is 2.58. The van der Waals surface area contributed by atoms with E-state index in [4.69, 9.17) is 0 Å². The molecule has 2 unspecified atom stereocenters. The van der Waals surface area contributed by atoms with Crippen molar-refractivity contribution in [2.45, 2.75) is 25.8 Å². The molecule has 1 aromatic carbocycles. The number of guanidine groups is 1. The van der Waals surface area contributed by atoms with Gasteiger partial charge in [0.05, 0.1) is 5.52 Å². The van der Waals surface area contributed by atoms with Crippen molar-refractivity contribution in [1.29, 1.82) is 0 Å². The van der Waals surface area contributed by atoms with Gasteiger partial charge in [-0.3, -0.25) is 9.98 Å². The van der Waals surface area contributed by atoms with E-state index in [1.54, 1.807) is 0 Å². The van der Waals surface area contributed by atoms with Crippen LogP contribution in [0, 0.1) is 5.92 Å². The van der Waals surface area contributed by atoms with Crippen LogP contribution in [0.1, 0.15) is 18.9 Å². The minimum atomic E-state index is 0.593. The van der Waals surface area contributed by atoms with Gasteiger partial charge in [-0.15, -0.1) is 0 Å². The van der Waals surface area contributed by atoms with Gasteiger partial charge >= 0.3 is 0 Å². The van der Waals surface area contributed by atoms with E-state index in [9.17, 15) is 0 Å². The normalized spacial score (nSPS) is 21.3. The second-order valence-electron chi connectivity index (χ2n) is 5.71. The number of para-hydroxylation sites is 1. The molecule has 0 amide bonds. The predicted molar refractivity (Wildman–Crippen MR) is 87.5 cm³/mol. The van der Waals surface area contributed by atoms with Crippen molar-refractivity contribution in [2.24, 2.45) is 10.9 Å². The third kappa shape index (κ3) is 3.32. The van der Waals surface area contributed by atoms with E-state index in [-0.39, 0.29) is 0 Å². The Kier molecular flexibility index (Phi) is 4.04. The Morgan fingerprint density at radius 2 is 2.14 bits per heavy atom. The molecule has 0 radical (unpaired) electrons. The maximum Gasteiger partial charge on any atom is 0.191 e. The monoisotopic (exact) mass is 282 g/mol. The number of rotatable bonds is 4. The van der Waals surface area contributed by atoms with Gasteiger partial charge in [0, 0.05) is 31.2 Å². The Hall–Kier alpha value is -2.10. The summed E-state index contributed by atoms with van der Waals surface area (Å²) in [5, 5.41) is 8.02. The first-order valence-electron chi connectivity index (χ1n) is 7.57. The highest BCUT2D eigenvalue weighted by molar-refractivity contribution is 5.82. The van der Waals surface area contributed by atoms with E-state index >= 15 is 0 Å². The number of aliphatic imine (C=N–C) groups is 1. The molecule has 2 aromatic rings. The fraction of sp³-hybridized carbons (Fsp3) is 0.412. The molecule has 2 N–H and O–H groups in total. The zero-order valence-electron chi connectivity index (χ0n) is 12.6. The van der Waals surface area contributed by atoms with Crippen molar-refractivity contribution in [2.75, 3.05) is 13.6 Å². The number of benzene rings is 1. The van der Waals surface area contributed by atoms with Gasteiger partial charge in [0.1, 0.15) is 0 Å². The molecule has 2 atom stereocenters. The van der Waals surface area contributed by atoms with Crippen LogP contribution in [0.15, 0.2) is 41.5 Å². The number of nitrogens with one attached hydrogen (secondary N) is 2. The quantitative estimate of drug-likeness (QED) is 0.668. The highest BCUT2D eigenvalue weighted by Gasteiger charge is 2.33. The summed E-state index contributed by atoms with van der Waals surface area (Å²) in [5.41, 5.74) is 2.37. The molecule has 1 saturated carbocycles. The van der Waals surface area contributed by atoms with E-state index in [1.165, 1.54) is 17.4 Å². The molecule has 0 bridgehead atoms. The van der Waals surface area contributed by atoms with Crippen molar-refractivity contribution in [3.05, 3.63) is 42.1 Å².